The van der Waals surface area contributed by atoms with Crippen LogP contribution in [-0.2, 0) is 0 Å². The van der Waals surface area contributed by atoms with Crippen molar-refractivity contribution in [2.75, 3.05) is 18.9 Å². The Morgan fingerprint density at radius 1 is 1.26 bits per heavy atom. The number of hydrogen-bond donors (Lipinski definition) is 2. The van der Waals surface area contributed by atoms with E-state index in [1.165, 1.54) is 12.1 Å². The number of nitrogens with two attached hydrogens (primary N) is 1. The molecule has 2 aromatic carbocycles. The molecule has 1 saturated heterocycles. The number of aliphatic hydroxyl groups excluding tert-OH is 1. The van der Waals surface area contributed by atoms with Crippen molar-refractivity contribution in [1.29, 1.82) is 0 Å². The number of pyridine rings is 1. The summed E-state index contributed by atoms with van der Waals surface area (Å²) in [5, 5.41) is 9.67. The van der Waals surface area contributed by atoms with Gasteiger partial charge in [-0.05, 0) is 55.7 Å². The molecule has 2 heterocycles. The van der Waals surface area contributed by atoms with Gasteiger partial charge in [0, 0.05) is 34.5 Å². The number of halogens is 3. The summed E-state index contributed by atoms with van der Waals surface area (Å²) in [5.41, 5.74) is 8.41. The van der Waals surface area contributed by atoms with E-state index in [4.69, 9.17) is 33.7 Å². The van der Waals surface area contributed by atoms with Crippen LogP contribution in [0, 0.1) is 5.82 Å². The zero-order valence-electron chi connectivity index (χ0n) is 18.5. The summed E-state index contributed by atoms with van der Waals surface area (Å²) in [6.07, 6.45) is 2.62. The molecule has 1 fully saturated rings. The van der Waals surface area contributed by atoms with Gasteiger partial charge in [0.05, 0.1) is 17.7 Å². The van der Waals surface area contributed by atoms with E-state index in [9.17, 15) is 14.3 Å². The van der Waals surface area contributed by atoms with Crippen LogP contribution in [0.25, 0.3) is 11.1 Å². The Balaban J connectivity index is 1.55. The lowest BCUT2D eigenvalue weighted by molar-refractivity contribution is 0.0677. The van der Waals surface area contributed by atoms with E-state index in [0.717, 1.165) is 24.0 Å². The van der Waals surface area contributed by atoms with E-state index < -0.39 is 11.9 Å². The third kappa shape index (κ3) is 4.82. The van der Waals surface area contributed by atoms with Crippen molar-refractivity contribution in [1.82, 2.24) is 9.88 Å². The molecule has 6 nitrogen and oxygen atoms in total. The normalized spacial score (nSPS) is 16.5. The molecule has 0 spiro atoms. The molecular weight excluding hydrogens is 480 g/mol. The third-order valence-electron chi connectivity index (χ3n) is 5.99. The van der Waals surface area contributed by atoms with Gasteiger partial charge in [0.1, 0.15) is 11.9 Å². The lowest BCUT2D eigenvalue weighted by atomic mass is 10.0. The molecule has 4 rings (SSSR count). The molecule has 9 heteroatoms. The van der Waals surface area contributed by atoms with E-state index >= 15 is 0 Å². The number of carbonyl (C=O) groups excluding carboxylic acids is 1. The minimum atomic E-state index is -0.685. The van der Waals surface area contributed by atoms with Crippen molar-refractivity contribution in [2.24, 2.45) is 0 Å². The second kappa shape index (κ2) is 10.2. The number of hydrogen-bond acceptors (Lipinski definition) is 5. The Kier molecular flexibility index (Phi) is 7.26. The standard InChI is InChI=1S/C25H24Cl2FN3O3/c1-14(22-19(26)8-9-20(28)23(22)27)34-21-11-17(12-30-24(21)29)15-4-6-16(7-5-15)25(33)31-10-2-3-18(31)13-32/h4-9,11-12,14,18,32H,2-3,10,13H2,1H3,(H2,29,30)/t14?,18-/m1/s1. The van der Waals surface area contributed by atoms with E-state index in [-0.39, 0.29) is 34.4 Å². The first-order chi connectivity index (χ1) is 16.3. The molecule has 1 amide bonds. The highest BCUT2D eigenvalue weighted by Gasteiger charge is 2.28. The number of rotatable bonds is 6. The number of nitrogen functional groups attached to an aromatic ring is 1. The average molecular weight is 504 g/mol. The average Bonchev–Trinajstić information content (AvgIpc) is 3.32. The zero-order valence-corrected chi connectivity index (χ0v) is 20.0. The largest absolute Gasteiger partial charge is 0.482 e. The van der Waals surface area contributed by atoms with Crippen molar-refractivity contribution >= 4 is 34.9 Å². The second-order valence-electron chi connectivity index (χ2n) is 8.18. The minimum absolute atomic E-state index is 0.0336. The SMILES string of the molecule is CC(Oc1cc(-c2ccc(C(=O)N3CCC[C@@H]3CO)cc2)cnc1N)c1c(Cl)ccc(F)c1Cl. The predicted octanol–water partition coefficient (Wildman–Crippen LogP) is 5.51. The molecule has 1 unspecified atom stereocenters. The Bertz CT molecular complexity index is 1210. The molecule has 0 bridgehead atoms. The lowest BCUT2D eigenvalue weighted by Crippen LogP contribution is -2.37. The number of amides is 1. The maximum absolute atomic E-state index is 13.9. The molecule has 0 aliphatic carbocycles. The van der Waals surface area contributed by atoms with Crippen molar-refractivity contribution in [3.63, 3.8) is 0 Å². The third-order valence-corrected chi connectivity index (χ3v) is 6.70. The number of aliphatic hydroxyl groups is 1. The summed E-state index contributed by atoms with van der Waals surface area (Å²) in [7, 11) is 0. The quantitative estimate of drug-likeness (QED) is 0.432. The lowest BCUT2D eigenvalue weighted by Gasteiger charge is -2.23. The van der Waals surface area contributed by atoms with Gasteiger partial charge in [-0.3, -0.25) is 4.79 Å². The number of likely N-dealkylation sites (tertiary alicyclic amines) is 1. The molecule has 2 atom stereocenters. The van der Waals surface area contributed by atoms with Crippen LogP contribution in [0.15, 0.2) is 48.7 Å². The fourth-order valence-electron chi connectivity index (χ4n) is 4.14. The van der Waals surface area contributed by atoms with Gasteiger partial charge in [0.15, 0.2) is 11.6 Å². The minimum Gasteiger partial charge on any atom is -0.482 e. The summed E-state index contributed by atoms with van der Waals surface area (Å²) in [6, 6.07) is 11.3. The molecule has 3 aromatic rings. The monoisotopic (exact) mass is 503 g/mol. The summed E-state index contributed by atoms with van der Waals surface area (Å²) in [4.78, 5) is 18.7. The highest BCUT2D eigenvalue weighted by atomic mass is 35.5. The first-order valence-electron chi connectivity index (χ1n) is 10.9. The van der Waals surface area contributed by atoms with Crippen molar-refractivity contribution in [3.8, 4) is 16.9 Å². The van der Waals surface area contributed by atoms with Crippen LogP contribution in [-0.4, -0.2) is 40.1 Å². The van der Waals surface area contributed by atoms with Gasteiger partial charge in [0.2, 0.25) is 0 Å². The molecule has 34 heavy (non-hydrogen) atoms. The van der Waals surface area contributed by atoms with Crippen LogP contribution in [0.1, 0.15) is 41.8 Å². The van der Waals surface area contributed by atoms with E-state index in [2.05, 4.69) is 4.98 Å². The molecule has 3 N–H and O–H groups in total. The Morgan fingerprint density at radius 2 is 2.00 bits per heavy atom. The van der Waals surface area contributed by atoms with Gasteiger partial charge in [-0.15, -0.1) is 0 Å². The van der Waals surface area contributed by atoms with Crippen molar-refractivity contribution in [2.45, 2.75) is 31.9 Å². The highest BCUT2D eigenvalue weighted by Crippen LogP contribution is 2.37. The first-order valence-corrected chi connectivity index (χ1v) is 11.6. The van der Waals surface area contributed by atoms with Crippen LogP contribution < -0.4 is 10.5 Å². The zero-order chi connectivity index (χ0) is 24.4. The Labute approximate surface area is 207 Å². The molecule has 178 valence electrons. The molecule has 0 radical (unpaired) electrons. The van der Waals surface area contributed by atoms with Gasteiger partial charge >= 0.3 is 0 Å². The maximum atomic E-state index is 13.9. The summed E-state index contributed by atoms with van der Waals surface area (Å²) in [5.74, 6) is -0.231. The molecule has 0 saturated carbocycles. The van der Waals surface area contributed by atoms with Crippen LogP contribution in [0.2, 0.25) is 10.0 Å². The number of carbonyl (C=O) groups is 1. The summed E-state index contributed by atoms with van der Waals surface area (Å²) >= 11 is 12.3. The number of aromatic nitrogens is 1. The fourth-order valence-corrected chi connectivity index (χ4v) is 4.81. The van der Waals surface area contributed by atoms with Crippen LogP contribution in [0.3, 0.4) is 0 Å². The van der Waals surface area contributed by atoms with Gasteiger partial charge in [-0.2, -0.15) is 0 Å². The Morgan fingerprint density at radius 3 is 2.71 bits per heavy atom. The van der Waals surface area contributed by atoms with E-state index in [1.807, 2.05) is 12.1 Å². The van der Waals surface area contributed by atoms with E-state index in [1.54, 1.807) is 36.2 Å². The maximum Gasteiger partial charge on any atom is 0.254 e. The molecule has 1 aliphatic heterocycles. The second-order valence-corrected chi connectivity index (χ2v) is 8.96. The first kappa shape index (κ1) is 24.3. The van der Waals surface area contributed by atoms with Gasteiger partial charge in [0.25, 0.3) is 5.91 Å². The van der Waals surface area contributed by atoms with E-state index in [0.29, 0.717) is 23.4 Å². The predicted molar refractivity (Wildman–Crippen MR) is 131 cm³/mol. The molecular formula is C25H24Cl2FN3O3. The van der Waals surface area contributed by atoms with Gasteiger partial charge < -0.3 is 20.5 Å². The van der Waals surface area contributed by atoms with Crippen LogP contribution in [0.5, 0.6) is 5.75 Å². The fraction of sp³-hybridized carbons (Fsp3) is 0.280. The Hall–Kier alpha value is -2.87. The van der Waals surface area contributed by atoms with Gasteiger partial charge in [-0.25, -0.2) is 9.37 Å². The smallest absolute Gasteiger partial charge is 0.254 e. The number of ether oxygens (including phenoxy) is 1. The summed E-state index contributed by atoms with van der Waals surface area (Å²) < 4.78 is 19.9. The number of benzene rings is 2. The van der Waals surface area contributed by atoms with Crippen LogP contribution >= 0.6 is 23.2 Å². The number of nitrogens with zero attached hydrogens (tertiary/aromatic N) is 2. The van der Waals surface area contributed by atoms with Crippen molar-refractivity contribution in [3.05, 3.63) is 75.7 Å². The van der Waals surface area contributed by atoms with Crippen molar-refractivity contribution < 1.29 is 19.0 Å². The van der Waals surface area contributed by atoms with Gasteiger partial charge in [-0.1, -0.05) is 35.3 Å². The highest BCUT2D eigenvalue weighted by molar-refractivity contribution is 6.36. The topological polar surface area (TPSA) is 88.7 Å². The molecule has 1 aromatic heterocycles. The number of anilines is 1. The van der Waals surface area contributed by atoms with Crippen LogP contribution in [0.4, 0.5) is 10.2 Å². The molecule has 1 aliphatic rings. The summed E-state index contributed by atoms with van der Waals surface area (Å²) in [6.45, 7) is 2.30.